The SMILES string of the molecule is Cc1ccc(CN(C)C(=O)c2cc(Br)cn2C)cc1. The lowest BCUT2D eigenvalue weighted by atomic mass is 10.1. The van der Waals surface area contributed by atoms with Gasteiger partial charge in [-0.15, -0.1) is 0 Å². The van der Waals surface area contributed by atoms with Gasteiger partial charge in [0, 0.05) is 31.3 Å². The number of nitrogens with zero attached hydrogens (tertiary/aromatic N) is 2. The molecule has 0 aliphatic carbocycles. The van der Waals surface area contributed by atoms with Crippen LogP contribution in [0.2, 0.25) is 0 Å². The fraction of sp³-hybridized carbons (Fsp3) is 0.267. The number of rotatable bonds is 3. The molecule has 1 aromatic heterocycles. The third-order valence-corrected chi connectivity index (χ3v) is 3.51. The molecule has 19 heavy (non-hydrogen) atoms. The second-order valence-electron chi connectivity index (χ2n) is 4.80. The first-order valence-corrected chi connectivity index (χ1v) is 6.89. The number of aromatic nitrogens is 1. The number of amides is 1. The number of benzene rings is 1. The van der Waals surface area contributed by atoms with Gasteiger partial charge in [0.15, 0.2) is 0 Å². The lowest BCUT2D eigenvalue weighted by Gasteiger charge is -2.17. The fourth-order valence-electron chi connectivity index (χ4n) is 1.97. The van der Waals surface area contributed by atoms with E-state index in [2.05, 4.69) is 47.1 Å². The van der Waals surface area contributed by atoms with Gasteiger partial charge in [-0.3, -0.25) is 4.79 Å². The first-order valence-electron chi connectivity index (χ1n) is 6.10. The Morgan fingerprint density at radius 2 is 1.95 bits per heavy atom. The van der Waals surface area contributed by atoms with Crippen molar-refractivity contribution in [2.45, 2.75) is 13.5 Å². The molecule has 0 atom stereocenters. The Hall–Kier alpha value is -1.55. The molecule has 3 nitrogen and oxygen atoms in total. The molecular formula is C15H17BrN2O. The average Bonchev–Trinajstić information content (AvgIpc) is 2.70. The molecule has 0 saturated heterocycles. The minimum atomic E-state index is 0.0220. The number of carbonyl (C=O) groups is 1. The van der Waals surface area contributed by atoms with Gasteiger partial charge in [0.1, 0.15) is 5.69 Å². The molecule has 0 saturated carbocycles. The summed E-state index contributed by atoms with van der Waals surface area (Å²) in [7, 11) is 3.70. The van der Waals surface area contributed by atoms with Gasteiger partial charge < -0.3 is 9.47 Å². The Bertz CT molecular complexity index is 587. The van der Waals surface area contributed by atoms with E-state index < -0.39 is 0 Å². The predicted molar refractivity (Wildman–Crippen MR) is 80.1 cm³/mol. The largest absolute Gasteiger partial charge is 0.345 e. The summed E-state index contributed by atoms with van der Waals surface area (Å²) in [6.45, 7) is 2.67. The first kappa shape index (κ1) is 13.9. The molecule has 2 rings (SSSR count). The van der Waals surface area contributed by atoms with E-state index in [9.17, 15) is 4.79 Å². The number of hydrogen-bond donors (Lipinski definition) is 0. The van der Waals surface area contributed by atoms with Gasteiger partial charge in [-0.1, -0.05) is 29.8 Å². The van der Waals surface area contributed by atoms with Crippen molar-refractivity contribution in [1.82, 2.24) is 9.47 Å². The summed E-state index contributed by atoms with van der Waals surface area (Å²) < 4.78 is 2.75. The molecule has 2 aromatic rings. The van der Waals surface area contributed by atoms with Crippen LogP contribution >= 0.6 is 15.9 Å². The van der Waals surface area contributed by atoms with Crippen LogP contribution in [0.5, 0.6) is 0 Å². The summed E-state index contributed by atoms with van der Waals surface area (Å²) in [6, 6.07) is 10.1. The standard InChI is InChI=1S/C15H17BrN2O/c1-11-4-6-12(7-5-11)9-18(3)15(19)14-8-13(16)10-17(14)2/h4-8,10H,9H2,1-3H3. The molecule has 100 valence electrons. The van der Waals surface area contributed by atoms with Gasteiger partial charge in [0.25, 0.3) is 5.91 Å². The number of halogens is 1. The van der Waals surface area contributed by atoms with Gasteiger partial charge in [0.05, 0.1) is 0 Å². The van der Waals surface area contributed by atoms with Crippen LogP contribution in [-0.4, -0.2) is 22.4 Å². The molecule has 0 aliphatic heterocycles. The van der Waals surface area contributed by atoms with Gasteiger partial charge in [-0.2, -0.15) is 0 Å². The molecule has 0 unspecified atom stereocenters. The molecular weight excluding hydrogens is 304 g/mol. The lowest BCUT2D eigenvalue weighted by Crippen LogP contribution is -2.27. The predicted octanol–water partition coefficient (Wildman–Crippen LogP) is 3.37. The van der Waals surface area contributed by atoms with Crippen LogP contribution in [0.3, 0.4) is 0 Å². The Balaban J connectivity index is 2.11. The Morgan fingerprint density at radius 1 is 1.32 bits per heavy atom. The molecule has 1 amide bonds. The molecule has 4 heteroatoms. The van der Waals surface area contributed by atoms with E-state index in [4.69, 9.17) is 0 Å². The summed E-state index contributed by atoms with van der Waals surface area (Å²) in [5.74, 6) is 0.0220. The van der Waals surface area contributed by atoms with Crippen molar-refractivity contribution in [2.24, 2.45) is 7.05 Å². The van der Waals surface area contributed by atoms with Crippen molar-refractivity contribution in [2.75, 3.05) is 7.05 Å². The van der Waals surface area contributed by atoms with Crippen LogP contribution in [0.25, 0.3) is 0 Å². The lowest BCUT2D eigenvalue weighted by molar-refractivity contribution is 0.0775. The van der Waals surface area contributed by atoms with Crippen LogP contribution < -0.4 is 0 Å². The minimum absolute atomic E-state index is 0.0220. The Labute approximate surface area is 122 Å². The third-order valence-electron chi connectivity index (χ3n) is 3.08. The van der Waals surface area contributed by atoms with Gasteiger partial charge >= 0.3 is 0 Å². The van der Waals surface area contributed by atoms with Gasteiger partial charge in [-0.25, -0.2) is 0 Å². The highest BCUT2D eigenvalue weighted by atomic mass is 79.9. The van der Waals surface area contributed by atoms with Crippen LogP contribution in [-0.2, 0) is 13.6 Å². The van der Waals surface area contributed by atoms with E-state index in [1.807, 2.05) is 30.9 Å². The second kappa shape index (κ2) is 5.61. The Kier molecular flexibility index (Phi) is 4.10. The van der Waals surface area contributed by atoms with Crippen molar-refractivity contribution >= 4 is 21.8 Å². The molecule has 0 N–H and O–H groups in total. The fourth-order valence-corrected chi connectivity index (χ4v) is 2.50. The van der Waals surface area contributed by atoms with Crippen molar-refractivity contribution in [1.29, 1.82) is 0 Å². The maximum absolute atomic E-state index is 12.3. The van der Waals surface area contributed by atoms with Crippen LogP contribution in [0.1, 0.15) is 21.6 Å². The van der Waals surface area contributed by atoms with E-state index in [0.29, 0.717) is 12.2 Å². The third kappa shape index (κ3) is 3.26. The normalized spacial score (nSPS) is 10.5. The molecule has 0 radical (unpaired) electrons. The van der Waals surface area contributed by atoms with E-state index in [1.165, 1.54) is 5.56 Å². The molecule has 1 heterocycles. The van der Waals surface area contributed by atoms with Crippen LogP contribution in [0.4, 0.5) is 0 Å². The van der Waals surface area contributed by atoms with Crippen LogP contribution in [0.15, 0.2) is 41.0 Å². The average molecular weight is 321 g/mol. The zero-order valence-electron chi connectivity index (χ0n) is 11.4. The number of carbonyl (C=O) groups excluding carboxylic acids is 1. The molecule has 0 fully saturated rings. The summed E-state index contributed by atoms with van der Waals surface area (Å²) in [4.78, 5) is 14.1. The zero-order chi connectivity index (χ0) is 14.0. The summed E-state index contributed by atoms with van der Waals surface area (Å²) in [5, 5.41) is 0. The highest BCUT2D eigenvalue weighted by Crippen LogP contribution is 2.16. The minimum Gasteiger partial charge on any atom is -0.345 e. The van der Waals surface area contributed by atoms with E-state index in [0.717, 1.165) is 10.0 Å². The van der Waals surface area contributed by atoms with Crippen molar-refractivity contribution in [3.8, 4) is 0 Å². The van der Waals surface area contributed by atoms with E-state index >= 15 is 0 Å². The zero-order valence-corrected chi connectivity index (χ0v) is 12.9. The monoisotopic (exact) mass is 320 g/mol. The highest BCUT2D eigenvalue weighted by molar-refractivity contribution is 9.10. The quantitative estimate of drug-likeness (QED) is 0.851. The van der Waals surface area contributed by atoms with Gasteiger partial charge in [0.2, 0.25) is 0 Å². The van der Waals surface area contributed by atoms with E-state index in [1.54, 1.807) is 4.90 Å². The van der Waals surface area contributed by atoms with Crippen molar-refractivity contribution in [3.05, 3.63) is 57.8 Å². The summed E-state index contributed by atoms with van der Waals surface area (Å²) >= 11 is 3.38. The maximum Gasteiger partial charge on any atom is 0.270 e. The molecule has 0 bridgehead atoms. The molecule has 0 aliphatic rings. The van der Waals surface area contributed by atoms with Crippen molar-refractivity contribution in [3.63, 3.8) is 0 Å². The van der Waals surface area contributed by atoms with E-state index in [-0.39, 0.29) is 5.91 Å². The van der Waals surface area contributed by atoms with Crippen molar-refractivity contribution < 1.29 is 4.79 Å². The summed E-state index contributed by atoms with van der Waals surface area (Å²) in [6.07, 6.45) is 1.88. The first-order chi connectivity index (χ1) is 8.97. The number of hydrogen-bond acceptors (Lipinski definition) is 1. The molecule has 0 spiro atoms. The highest BCUT2D eigenvalue weighted by Gasteiger charge is 2.15. The number of aryl methyl sites for hydroxylation is 2. The topological polar surface area (TPSA) is 25.2 Å². The maximum atomic E-state index is 12.3. The smallest absolute Gasteiger partial charge is 0.270 e. The second-order valence-corrected chi connectivity index (χ2v) is 5.72. The summed E-state index contributed by atoms with van der Waals surface area (Å²) in [5.41, 5.74) is 3.04. The Morgan fingerprint density at radius 3 is 2.47 bits per heavy atom. The molecule has 1 aromatic carbocycles. The van der Waals surface area contributed by atoms with Crippen LogP contribution in [0, 0.1) is 6.92 Å². The van der Waals surface area contributed by atoms with Gasteiger partial charge in [-0.05, 0) is 34.5 Å².